The molecule has 0 aromatic heterocycles. The number of benzene rings is 4. The predicted molar refractivity (Wildman–Crippen MR) is 149 cm³/mol. The van der Waals surface area contributed by atoms with Crippen molar-refractivity contribution in [3.05, 3.63) is 120 Å². The van der Waals surface area contributed by atoms with Crippen molar-refractivity contribution in [1.29, 1.82) is 0 Å². The molecule has 0 radical (unpaired) electrons. The van der Waals surface area contributed by atoms with Crippen molar-refractivity contribution in [3.63, 3.8) is 0 Å². The molecule has 0 aliphatic carbocycles. The lowest BCUT2D eigenvalue weighted by Gasteiger charge is -2.24. The standard InChI is InChI=1S/C31H30N2O3S/c1-24(34)36-28-14-18-30(19-15-28)37-29-16-12-27(13-17-29)33(23-21-26-10-6-3-7-11-26)31(35)32-22-20-25-8-4-2-5-9-25/h2-19H,20-23H2,1H3,(H,32,35). The quantitative estimate of drug-likeness (QED) is 0.189. The van der Waals surface area contributed by atoms with Crippen LogP contribution in [0.25, 0.3) is 0 Å². The van der Waals surface area contributed by atoms with E-state index in [1.54, 1.807) is 28.8 Å². The third-order valence-corrected chi connectivity index (χ3v) is 6.73. The molecule has 4 rings (SSSR count). The first kappa shape index (κ1) is 26.0. The molecule has 1 N–H and O–H groups in total. The molecule has 0 atom stereocenters. The maximum absolute atomic E-state index is 13.2. The first-order chi connectivity index (χ1) is 18.1. The summed E-state index contributed by atoms with van der Waals surface area (Å²) >= 11 is 1.61. The number of anilines is 1. The van der Waals surface area contributed by atoms with Crippen LogP contribution >= 0.6 is 11.8 Å². The topological polar surface area (TPSA) is 58.6 Å². The molecule has 0 saturated carbocycles. The summed E-state index contributed by atoms with van der Waals surface area (Å²) in [6.07, 6.45) is 1.54. The fraction of sp³-hybridized carbons (Fsp3) is 0.161. The molecule has 0 fully saturated rings. The summed E-state index contributed by atoms with van der Waals surface area (Å²) in [6, 6.07) is 35.7. The van der Waals surface area contributed by atoms with E-state index in [1.807, 2.05) is 72.8 Å². The van der Waals surface area contributed by atoms with Gasteiger partial charge in [-0.25, -0.2) is 4.79 Å². The molecule has 0 spiro atoms. The molecule has 188 valence electrons. The Morgan fingerprint density at radius 3 is 1.84 bits per heavy atom. The zero-order chi connectivity index (χ0) is 25.9. The molecule has 0 aliphatic heterocycles. The predicted octanol–water partition coefficient (Wildman–Crippen LogP) is 6.76. The van der Waals surface area contributed by atoms with Crippen molar-refractivity contribution in [2.45, 2.75) is 29.6 Å². The van der Waals surface area contributed by atoms with Gasteiger partial charge in [0.25, 0.3) is 0 Å². The third-order valence-electron chi connectivity index (χ3n) is 5.71. The second kappa shape index (κ2) is 13.3. The molecule has 0 aliphatic rings. The van der Waals surface area contributed by atoms with Crippen LogP contribution in [0.1, 0.15) is 18.1 Å². The molecule has 0 unspecified atom stereocenters. The number of amides is 2. The highest BCUT2D eigenvalue weighted by molar-refractivity contribution is 7.99. The molecule has 5 nitrogen and oxygen atoms in total. The van der Waals surface area contributed by atoms with Crippen molar-refractivity contribution >= 4 is 29.4 Å². The lowest BCUT2D eigenvalue weighted by molar-refractivity contribution is -0.131. The van der Waals surface area contributed by atoms with Gasteiger partial charge < -0.3 is 10.1 Å². The van der Waals surface area contributed by atoms with Crippen LogP contribution in [0, 0.1) is 0 Å². The van der Waals surface area contributed by atoms with Crippen molar-refractivity contribution in [1.82, 2.24) is 5.32 Å². The van der Waals surface area contributed by atoms with Crippen LogP contribution in [0.5, 0.6) is 5.75 Å². The van der Waals surface area contributed by atoms with E-state index in [2.05, 4.69) is 29.6 Å². The normalized spacial score (nSPS) is 10.5. The van der Waals surface area contributed by atoms with Crippen molar-refractivity contribution in [3.8, 4) is 5.75 Å². The summed E-state index contributed by atoms with van der Waals surface area (Å²) < 4.78 is 5.10. The summed E-state index contributed by atoms with van der Waals surface area (Å²) in [4.78, 5) is 28.2. The van der Waals surface area contributed by atoms with Crippen LogP contribution in [0.4, 0.5) is 10.5 Å². The van der Waals surface area contributed by atoms with Gasteiger partial charge in [-0.15, -0.1) is 0 Å². The van der Waals surface area contributed by atoms with Gasteiger partial charge in [-0.2, -0.15) is 0 Å². The first-order valence-corrected chi connectivity index (χ1v) is 13.1. The fourth-order valence-corrected chi connectivity index (χ4v) is 4.68. The van der Waals surface area contributed by atoms with E-state index < -0.39 is 0 Å². The molecular formula is C31H30N2O3S. The Morgan fingerprint density at radius 2 is 1.27 bits per heavy atom. The van der Waals surface area contributed by atoms with Gasteiger partial charge >= 0.3 is 12.0 Å². The average Bonchev–Trinajstić information content (AvgIpc) is 2.92. The monoisotopic (exact) mass is 510 g/mol. The fourth-order valence-electron chi connectivity index (χ4n) is 3.86. The van der Waals surface area contributed by atoms with Gasteiger partial charge in [0.1, 0.15) is 5.75 Å². The Labute approximate surface area is 222 Å². The van der Waals surface area contributed by atoms with Gasteiger partial charge in [0.15, 0.2) is 0 Å². The van der Waals surface area contributed by atoms with Gasteiger partial charge in [-0.3, -0.25) is 9.69 Å². The minimum Gasteiger partial charge on any atom is -0.427 e. The zero-order valence-electron chi connectivity index (χ0n) is 20.8. The minimum absolute atomic E-state index is 0.103. The maximum Gasteiger partial charge on any atom is 0.321 e. The van der Waals surface area contributed by atoms with Crippen LogP contribution in [0.15, 0.2) is 119 Å². The zero-order valence-corrected chi connectivity index (χ0v) is 21.6. The van der Waals surface area contributed by atoms with Gasteiger partial charge in [-0.05, 0) is 72.5 Å². The number of hydrogen-bond acceptors (Lipinski definition) is 4. The van der Waals surface area contributed by atoms with Crippen LogP contribution < -0.4 is 15.0 Å². The highest BCUT2D eigenvalue weighted by Gasteiger charge is 2.16. The summed E-state index contributed by atoms with van der Waals surface area (Å²) in [5.74, 6) is 0.191. The summed E-state index contributed by atoms with van der Waals surface area (Å²) in [7, 11) is 0. The van der Waals surface area contributed by atoms with Gasteiger partial charge in [0.05, 0.1) is 0 Å². The Balaban J connectivity index is 1.41. The van der Waals surface area contributed by atoms with Crippen molar-refractivity contribution < 1.29 is 14.3 Å². The summed E-state index contributed by atoms with van der Waals surface area (Å²) in [6.45, 7) is 2.53. The van der Waals surface area contributed by atoms with Crippen LogP contribution in [0.3, 0.4) is 0 Å². The number of hydrogen-bond donors (Lipinski definition) is 1. The van der Waals surface area contributed by atoms with E-state index in [4.69, 9.17) is 4.74 Å². The smallest absolute Gasteiger partial charge is 0.321 e. The Kier molecular flexibility index (Phi) is 9.38. The van der Waals surface area contributed by atoms with E-state index in [0.717, 1.165) is 28.3 Å². The largest absolute Gasteiger partial charge is 0.427 e. The van der Waals surface area contributed by atoms with E-state index >= 15 is 0 Å². The maximum atomic E-state index is 13.2. The summed E-state index contributed by atoms with van der Waals surface area (Å²) in [5, 5.41) is 3.09. The second-order valence-corrected chi connectivity index (χ2v) is 9.66. The molecule has 0 heterocycles. The first-order valence-electron chi connectivity index (χ1n) is 12.3. The lowest BCUT2D eigenvalue weighted by atomic mass is 10.1. The number of carbonyl (C=O) groups is 2. The van der Waals surface area contributed by atoms with Crippen LogP contribution in [-0.2, 0) is 17.6 Å². The highest BCUT2D eigenvalue weighted by Crippen LogP contribution is 2.30. The van der Waals surface area contributed by atoms with E-state index in [-0.39, 0.29) is 12.0 Å². The van der Waals surface area contributed by atoms with Crippen molar-refractivity contribution in [2.75, 3.05) is 18.0 Å². The molecule has 0 saturated heterocycles. The number of urea groups is 1. The number of ether oxygens (including phenoxy) is 1. The third kappa shape index (κ3) is 8.26. The number of esters is 1. The molecule has 4 aromatic carbocycles. The molecule has 2 amide bonds. The Bertz CT molecular complexity index is 1280. The molecule has 37 heavy (non-hydrogen) atoms. The Morgan fingerprint density at radius 1 is 0.730 bits per heavy atom. The minimum atomic E-state index is -0.336. The molecule has 4 aromatic rings. The number of nitrogens with zero attached hydrogens (tertiary/aromatic N) is 1. The molecular weight excluding hydrogens is 480 g/mol. The number of rotatable bonds is 10. The highest BCUT2D eigenvalue weighted by atomic mass is 32.2. The van der Waals surface area contributed by atoms with Gasteiger partial charge in [-0.1, -0.05) is 72.4 Å². The van der Waals surface area contributed by atoms with E-state index in [0.29, 0.717) is 18.8 Å². The molecule has 0 bridgehead atoms. The number of carbonyl (C=O) groups excluding carboxylic acids is 2. The van der Waals surface area contributed by atoms with Crippen molar-refractivity contribution in [2.24, 2.45) is 0 Å². The number of nitrogens with one attached hydrogen (secondary N) is 1. The Hall–Kier alpha value is -4.03. The van der Waals surface area contributed by atoms with Crippen LogP contribution in [-0.4, -0.2) is 25.1 Å². The lowest BCUT2D eigenvalue weighted by Crippen LogP contribution is -2.42. The van der Waals surface area contributed by atoms with E-state index in [9.17, 15) is 9.59 Å². The average molecular weight is 511 g/mol. The van der Waals surface area contributed by atoms with Gasteiger partial charge in [0.2, 0.25) is 0 Å². The van der Waals surface area contributed by atoms with Gasteiger partial charge in [0, 0.05) is 35.5 Å². The van der Waals surface area contributed by atoms with Crippen LogP contribution in [0.2, 0.25) is 0 Å². The SMILES string of the molecule is CC(=O)Oc1ccc(Sc2ccc(N(CCc3ccccc3)C(=O)NCCc3ccccc3)cc2)cc1. The summed E-state index contributed by atoms with van der Waals surface area (Å²) in [5.41, 5.74) is 3.23. The molecule has 6 heteroatoms. The van der Waals surface area contributed by atoms with E-state index in [1.165, 1.54) is 18.1 Å². The second-order valence-electron chi connectivity index (χ2n) is 8.52.